The minimum Gasteiger partial charge on any atom is -0.497 e. The zero-order chi connectivity index (χ0) is 37.6. The van der Waals surface area contributed by atoms with Crippen molar-refractivity contribution in [1.82, 2.24) is 19.9 Å². The number of nitrogens with zero attached hydrogens (tertiary/aromatic N) is 6. The Morgan fingerprint density at radius 2 is 1.65 bits per heavy atom. The van der Waals surface area contributed by atoms with E-state index in [2.05, 4.69) is 14.8 Å². The lowest BCUT2D eigenvalue weighted by Crippen LogP contribution is -2.43. The zero-order valence-corrected chi connectivity index (χ0v) is 31.6. The number of rotatable bonds is 11. The molecule has 0 amide bonds. The quantitative estimate of drug-likeness (QED) is 0.133. The largest absolute Gasteiger partial charge is 0.497 e. The summed E-state index contributed by atoms with van der Waals surface area (Å²) in [5, 5.41) is 0.461. The van der Waals surface area contributed by atoms with E-state index < -0.39 is 17.5 Å². The van der Waals surface area contributed by atoms with Crippen LogP contribution in [0.2, 0.25) is 5.02 Å². The van der Waals surface area contributed by atoms with Gasteiger partial charge in [-0.05, 0) is 79.4 Å². The number of aryl methyl sites for hydroxylation is 1. The van der Waals surface area contributed by atoms with Gasteiger partial charge in [0.15, 0.2) is 11.6 Å². The molecule has 2 aromatic heterocycles. The van der Waals surface area contributed by atoms with E-state index in [1.807, 2.05) is 79.5 Å². The van der Waals surface area contributed by atoms with Gasteiger partial charge in [0.25, 0.3) is 0 Å². The highest BCUT2D eigenvalue weighted by Gasteiger charge is 2.49. The first-order valence-corrected chi connectivity index (χ1v) is 18.6. The lowest BCUT2D eigenvalue weighted by molar-refractivity contribution is 0.107. The molecular weight excluding hydrogens is 714 g/mol. The van der Waals surface area contributed by atoms with Crippen molar-refractivity contribution < 1.29 is 27.7 Å². The smallest absolute Gasteiger partial charge is 0.319 e. The van der Waals surface area contributed by atoms with E-state index in [-0.39, 0.29) is 28.7 Å². The highest BCUT2D eigenvalue weighted by molar-refractivity contribution is 6.36. The average molecular weight is 757 g/mol. The number of benzene rings is 3. The normalized spacial score (nSPS) is 19.4. The van der Waals surface area contributed by atoms with E-state index in [4.69, 9.17) is 40.5 Å². The zero-order valence-electron chi connectivity index (χ0n) is 30.9. The predicted molar refractivity (Wildman–Crippen MR) is 206 cm³/mol. The molecule has 0 radical (unpaired) electrons. The molecule has 0 bridgehead atoms. The van der Waals surface area contributed by atoms with E-state index in [1.54, 1.807) is 14.2 Å². The predicted octanol–water partition coefficient (Wildman–Crippen LogP) is 7.80. The molecule has 10 nitrogen and oxygen atoms in total. The van der Waals surface area contributed by atoms with Crippen LogP contribution in [0.25, 0.3) is 22.2 Å². The molecule has 2 fully saturated rings. The highest BCUT2D eigenvalue weighted by atomic mass is 35.5. The molecule has 282 valence electrons. The van der Waals surface area contributed by atoms with Crippen LogP contribution in [0.5, 0.6) is 23.3 Å². The van der Waals surface area contributed by atoms with Gasteiger partial charge in [-0.2, -0.15) is 9.97 Å². The molecule has 0 unspecified atom stereocenters. The van der Waals surface area contributed by atoms with Crippen LogP contribution in [0.3, 0.4) is 0 Å². The number of hydrogen-bond donors (Lipinski definition) is 0. The molecule has 54 heavy (non-hydrogen) atoms. The van der Waals surface area contributed by atoms with Gasteiger partial charge in [0.05, 0.1) is 48.0 Å². The van der Waals surface area contributed by atoms with Crippen LogP contribution >= 0.6 is 11.6 Å². The van der Waals surface area contributed by atoms with Crippen molar-refractivity contribution in [2.24, 2.45) is 0 Å². The maximum atomic E-state index is 17.2. The Balaban J connectivity index is 1.21. The first-order valence-electron chi connectivity index (χ1n) is 18.2. The third-order valence-electron chi connectivity index (χ3n) is 10.8. The molecule has 5 aromatic rings. The summed E-state index contributed by atoms with van der Waals surface area (Å²) in [6.07, 6.45) is 1.30. The Morgan fingerprint density at radius 3 is 2.31 bits per heavy atom. The summed E-state index contributed by atoms with van der Waals surface area (Å²) in [6, 6.07) is 19.6. The second-order valence-corrected chi connectivity index (χ2v) is 14.8. The van der Waals surface area contributed by atoms with E-state index in [1.165, 1.54) is 0 Å². The lowest BCUT2D eigenvalue weighted by atomic mass is 9.95. The van der Waals surface area contributed by atoms with Gasteiger partial charge in [0.2, 0.25) is 0 Å². The van der Waals surface area contributed by atoms with E-state index in [0.717, 1.165) is 47.6 Å². The minimum atomic E-state index is -0.904. The van der Waals surface area contributed by atoms with Gasteiger partial charge in [0.1, 0.15) is 48.0 Å². The molecule has 13 heteroatoms. The van der Waals surface area contributed by atoms with Crippen molar-refractivity contribution in [2.45, 2.75) is 51.0 Å². The molecule has 3 aliphatic heterocycles. The summed E-state index contributed by atoms with van der Waals surface area (Å²) in [5.41, 5.74) is 2.96. The minimum absolute atomic E-state index is 0.0203. The number of likely N-dealkylation sites (N-methyl/N-ethyl adjacent to an activating group) is 1. The maximum absolute atomic E-state index is 17.2. The molecule has 0 saturated carbocycles. The molecule has 3 aromatic carbocycles. The fraction of sp³-hybridized carbons (Fsp3) is 0.390. The number of methoxy groups -OCH3 is 2. The van der Waals surface area contributed by atoms with Gasteiger partial charge in [-0.3, -0.25) is 4.90 Å². The second-order valence-electron chi connectivity index (χ2n) is 14.5. The van der Waals surface area contributed by atoms with Crippen LogP contribution in [-0.4, -0.2) is 85.7 Å². The molecule has 2 atom stereocenters. The second kappa shape index (κ2) is 14.7. The third-order valence-corrected chi connectivity index (χ3v) is 11.2. The van der Waals surface area contributed by atoms with Crippen molar-refractivity contribution >= 4 is 34.1 Å². The standard InChI is InChI=1S/C41H43ClF2N6O4/c1-25-18-31(45-32(19-25)49(21-26-6-10-29(51-3)11-7-26)22-27-8-12-30(52-4)13-9-27)33-35(42)38-34-37(36(33)44)46-40(47-39(34)48(2)16-17-53-38)54-24-41-14-5-15-50(41)23-28(43)20-41/h6-13,18-19,28H,5,14-17,20-24H2,1-4H3/t28-,41+/m1/s1. The first-order chi connectivity index (χ1) is 26.1. The molecule has 0 aliphatic carbocycles. The van der Waals surface area contributed by atoms with Crippen molar-refractivity contribution in [3.63, 3.8) is 0 Å². The van der Waals surface area contributed by atoms with Gasteiger partial charge in [0, 0.05) is 33.1 Å². The summed E-state index contributed by atoms with van der Waals surface area (Å²) < 4.78 is 55.0. The Bertz CT molecular complexity index is 2130. The van der Waals surface area contributed by atoms with Crippen LogP contribution < -0.4 is 28.7 Å². The SMILES string of the molecule is COc1ccc(CN(Cc2ccc(OC)cc2)c2cc(C)cc(-c3c(Cl)c4c5c(nc(OC[C@@]67CCCN6C[C@H](F)C7)nc5c3F)N(C)CCO4)n2)cc1. The highest BCUT2D eigenvalue weighted by Crippen LogP contribution is 2.48. The van der Waals surface area contributed by atoms with Crippen LogP contribution in [0.1, 0.15) is 36.0 Å². The fourth-order valence-electron chi connectivity index (χ4n) is 8.03. The fourth-order valence-corrected chi connectivity index (χ4v) is 8.36. The average Bonchev–Trinajstić information content (AvgIpc) is 3.64. The monoisotopic (exact) mass is 756 g/mol. The number of pyridine rings is 1. The topological polar surface area (TPSA) is 85.3 Å². The molecule has 0 spiro atoms. The maximum Gasteiger partial charge on any atom is 0.319 e. The summed E-state index contributed by atoms with van der Waals surface area (Å²) in [6.45, 7) is 5.20. The van der Waals surface area contributed by atoms with Crippen molar-refractivity contribution in [2.75, 3.05) is 63.9 Å². The number of aromatic nitrogens is 3. The van der Waals surface area contributed by atoms with Crippen LogP contribution in [0, 0.1) is 12.7 Å². The number of ether oxygens (including phenoxy) is 4. The lowest BCUT2D eigenvalue weighted by Gasteiger charge is -2.31. The van der Waals surface area contributed by atoms with Gasteiger partial charge in [-0.1, -0.05) is 35.9 Å². The number of hydrogen-bond acceptors (Lipinski definition) is 10. The van der Waals surface area contributed by atoms with Crippen molar-refractivity contribution in [3.8, 4) is 34.5 Å². The van der Waals surface area contributed by atoms with Gasteiger partial charge in [-0.25, -0.2) is 13.8 Å². The van der Waals surface area contributed by atoms with Gasteiger partial charge >= 0.3 is 6.01 Å². The summed E-state index contributed by atoms with van der Waals surface area (Å²) in [4.78, 5) is 20.6. The van der Waals surface area contributed by atoms with Gasteiger partial charge in [-0.15, -0.1) is 0 Å². The summed E-state index contributed by atoms with van der Waals surface area (Å²) in [7, 11) is 5.14. The number of halogens is 3. The van der Waals surface area contributed by atoms with Crippen molar-refractivity contribution in [1.29, 1.82) is 0 Å². The Hall–Kier alpha value is -4.94. The molecule has 3 aliphatic rings. The number of fused-ring (bicyclic) bond motifs is 1. The third kappa shape index (κ3) is 6.81. The van der Waals surface area contributed by atoms with Crippen LogP contribution in [-0.2, 0) is 13.1 Å². The van der Waals surface area contributed by atoms with Crippen LogP contribution in [0.15, 0.2) is 60.7 Å². The molecular formula is C41H43ClF2N6O4. The Morgan fingerprint density at radius 1 is 0.963 bits per heavy atom. The number of alkyl halides is 1. The van der Waals surface area contributed by atoms with Crippen molar-refractivity contribution in [3.05, 3.63) is 88.2 Å². The van der Waals surface area contributed by atoms with Crippen LogP contribution in [0.4, 0.5) is 20.4 Å². The van der Waals surface area contributed by atoms with Gasteiger partial charge < -0.3 is 28.7 Å². The van der Waals surface area contributed by atoms with E-state index in [9.17, 15) is 4.39 Å². The molecule has 8 rings (SSSR count). The first kappa shape index (κ1) is 36.1. The Kier molecular flexibility index (Phi) is 9.82. The summed E-state index contributed by atoms with van der Waals surface area (Å²) >= 11 is 7.13. The number of anilines is 2. The summed E-state index contributed by atoms with van der Waals surface area (Å²) in [5.74, 6) is 2.25. The molecule has 0 N–H and O–H groups in total. The Labute approximate surface area is 318 Å². The molecule has 5 heterocycles. The van der Waals surface area contributed by atoms with E-state index >= 15 is 4.39 Å². The van der Waals surface area contributed by atoms with E-state index in [0.29, 0.717) is 67.7 Å². The molecule has 2 saturated heterocycles.